The summed E-state index contributed by atoms with van der Waals surface area (Å²) < 4.78 is 1.25. The summed E-state index contributed by atoms with van der Waals surface area (Å²) in [5.74, 6) is 2.12. The Labute approximate surface area is 111 Å². The molecule has 0 spiro atoms. The normalized spacial score (nSPS) is 20.8. The van der Waals surface area contributed by atoms with Crippen LogP contribution in [0.25, 0.3) is 0 Å². The Kier molecular flexibility index (Phi) is 5.18. The molecular formula is C11H20BrN3S. The van der Waals surface area contributed by atoms with E-state index in [4.69, 9.17) is 0 Å². The molecule has 1 aliphatic heterocycles. The van der Waals surface area contributed by atoms with E-state index in [0.717, 1.165) is 35.8 Å². The Hall–Kier alpha value is -0.160. The van der Waals surface area contributed by atoms with Crippen LogP contribution < -0.4 is 5.32 Å². The number of aliphatic imine (C=N–C) groups is 1. The van der Waals surface area contributed by atoms with Crippen molar-refractivity contribution in [2.24, 2.45) is 4.99 Å². The second-order valence-electron chi connectivity index (χ2n) is 4.45. The molecule has 1 N–H and O–H groups in total. The van der Waals surface area contributed by atoms with Crippen molar-refractivity contribution in [1.82, 2.24) is 10.2 Å². The van der Waals surface area contributed by atoms with Gasteiger partial charge in [0.25, 0.3) is 0 Å². The maximum Gasteiger partial charge on any atom is 0.194 e. The number of rotatable bonds is 2. The van der Waals surface area contributed by atoms with E-state index < -0.39 is 0 Å². The number of hydrogen-bond acceptors (Lipinski definition) is 2. The lowest BCUT2D eigenvalue weighted by molar-refractivity contribution is 0.377. The molecule has 0 atom stereocenters. The highest BCUT2D eigenvalue weighted by Gasteiger charge is 2.28. The summed E-state index contributed by atoms with van der Waals surface area (Å²) in [7, 11) is 1.83. The summed E-state index contributed by atoms with van der Waals surface area (Å²) >= 11 is 5.37. The lowest BCUT2D eigenvalue weighted by Gasteiger charge is -2.39. The van der Waals surface area contributed by atoms with Crippen molar-refractivity contribution in [3.8, 4) is 0 Å². The highest BCUT2D eigenvalue weighted by atomic mass is 79.9. The van der Waals surface area contributed by atoms with E-state index in [0.29, 0.717) is 4.75 Å². The minimum absolute atomic E-state index is 0.307. The number of thioether (sulfide) groups is 1. The van der Waals surface area contributed by atoms with Crippen molar-refractivity contribution >= 4 is 33.7 Å². The van der Waals surface area contributed by atoms with Gasteiger partial charge in [-0.1, -0.05) is 22.5 Å². The number of nitrogens with zero attached hydrogens (tertiary/aromatic N) is 2. The minimum atomic E-state index is 0.307. The molecule has 0 bridgehead atoms. The second-order valence-corrected chi connectivity index (χ2v) is 7.37. The molecule has 0 aromatic rings. The maximum absolute atomic E-state index is 4.31. The molecule has 0 aliphatic carbocycles. The fourth-order valence-electron chi connectivity index (χ4n) is 1.70. The topological polar surface area (TPSA) is 27.6 Å². The molecule has 0 radical (unpaired) electrons. The highest BCUT2D eigenvalue weighted by Crippen LogP contribution is 2.29. The zero-order chi connectivity index (χ0) is 12.2. The molecule has 16 heavy (non-hydrogen) atoms. The van der Waals surface area contributed by atoms with Gasteiger partial charge in [-0.3, -0.25) is 4.99 Å². The van der Waals surface area contributed by atoms with Gasteiger partial charge in [-0.2, -0.15) is 11.8 Å². The van der Waals surface area contributed by atoms with Crippen molar-refractivity contribution in [2.45, 2.75) is 18.6 Å². The molecule has 1 rings (SSSR count). The fourth-order valence-corrected chi connectivity index (χ4v) is 2.96. The lowest BCUT2D eigenvalue weighted by atomic mass is 10.2. The first-order valence-electron chi connectivity index (χ1n) is 5.37. The van der Waals surface area contributed by atoms with Crippen molar-refractivity contribution in [3.05, 3.63) is 11.1 Å². The Morgan fingerprint density at radius 3 is 2.81 bits per heavy atom. The van der Waals surface area contributed by atoms with Crippen LogP contribution in [0.15, 0.2) is 16.1 Å². The summed E-state index contributed by atoms with van der Waals surface area (Å²) in [6, 6.07) is 0. The van der Waals surface area contributed by atoms with E-state index >= 15 is 0 Å². The summed E-state index contributed by atoms with van der Waals surface area (Å²) in [4.78, 5) is 6.62. The van der Waals surface area contributed by atoms with Gasteiger partial charge in [0.2, 0.25) is 0 Å². The van der Waals surface area contributed by atoms with Crippen LogP contribution in [0.3, 0.4) is 0 Å². The minimum Gasteiger partial charge on any atom is -0.352 e. The molecule has 0 unspecified atom stereocenters. The van der Waals surface area contributed by atoms with E-state index in [-0.39, 0.29) is 0 Å². The van der Waals surface area contributed by atoms with Gasteiger partial charge in [0.05, 0.1) is 0 Å². The summed E-state index contributed by atoms with van der Waals surface area (Å²) in [5, 5.41) is 3.30. The second kappa shape index (κ2) is 5.96. The molecule has 92 valence electrons. The van der Waals surface area contributed by atoms with E-state index in [9.17, 15) is 0 Å². The summed E-state index contributed by atoms with van der Waals surface area (Å²) in [6.07, 6.45) is 0. The SMILES string of the molecule is C=C(Br)CNC(=NC)N1CCSC(C)(C)C1. The number of hydrogen-bond donors (Lipinski definition) is 1. The summed E-state index contributed by atoms with van der Waals surface area (Å²) in [5.41, 5.74) is 0. The molecule has 1 saturated heterocycles. The smallest absolute Gasteiger partial charge is 0.194 e. The van der Waals surface area contributed by atoms with Crippen LogP contribution in [0, 0.1) is 0 Å². The van der Waals surface area contributed by atoms with Crippen molar-refractivity contribution < 1.29 is 0 Å². The van der Waals surface area contributed by atoms with Crippen LogP contribution in [0.4, 0.5) is 0 Å². The van der Waals surface area contributed by atoms with Crippen LogP contribution in [0.5, 0.6) is 0 Å². The van der Waals surface area contributed by atoms with Gasteiger partial charge < -0.3 is 10.2 Å². The van der Waals surface area contributed by atoms with Gasteiger partial charge in [-0.05, 0) is 13.8 Å². The van der Waals surface area contributed by atoms with E-state index in [2.05, 4.69) is 51.6 Å². The van der Waals surface area contributed by atoms with Crippen molar-refractivity contribution in [1.29, 1.82) is 0 Å². The van der Waals surface area contributed by atoms with Crippen molar-refractivity contribution in [3.63, 3.8) is 0 Å². The van der Waals surface area contributed by atoms with Crippen molar-refractivity contribution in [2.75, 3.05) is 32.4 Å². The molecule has 0 amide bonds. The van der Waals surface area contributed by atoms with E-state index in [1.165, 1.54) is 0 Å². The fraction of sp³-hybridized carbons (Fsp3) is 0.727. The first-order valence-corrected chi connectivity index (χ1v) is 7.15. The maximum atomic E-state index is 4.31. The van der Waals surface area contributed by atoms with E-state index in [1.54, 1.807) is 0 Å². The average Bonchev–Trinajstić information content (AvgIpc) is 2.16. The van der Waals surface area contributed by atoms with Gasteiger partial charge in [-0.25, -0.2) is 0 Å². The standard InChI is InChI=1S/C11H20BrN3S/c1-9(12)7-14-10(13-4)15-5-6-16-11(2,3)8-15/h1,5-8H2,2-4H3,(H,13,14). The van der Waals surface area contributed by atoms with Gasteiger partial charge >= 0.3 is 0 Å². The van der Waals surface area contributed by atoms with Crippen LogP contribution >= 0.6 is 27.7 Å². The lowest BCUT2D eigenvalue weighted by Crippen LogP contribution is -2.51. The monoisotopic (exact) mass is 305 g/mol. The highest BCUT2D eigenvalue weighted by molar-refractivity contribution is 9.11. The summed E-state index contributed by atoms with van der Waals surface area (Å²) in [6.45, 7) is 11.2. The Bertz CT molecular complexity index is 289. The van der Waals surface area contributed by atoms with Crippen LogP contribution in [-0.4, -0.2) is 48.0 Å². The predicted octanol–water partition coefficient (Wildman–Crippen LogP) is 2.30. The Morgan fingerprint density at radius 1 is 1.62 bits per heavy atom. The number of halogens is 1. The van der Waals surface area contributed by atoms with Gasteiger partial charge in [-0.15, -0.1) is 0 Å². The first kappa shape index (κ1) is 13.9. The quantitative estimate of drug-likeness (QED) is 0.627. The largest absolute Gasteiger partial charge is 0.352 e. The zero-order valence-electron chi connectivity index (χ0n) is 10.2. The van der Waals surface area contributed by atoms with Crippen LogP contribution in [0.2, 0.25) is 0 Å². The first-order chi connectivity index (χ1) is 7.44. The molecule has 0 aromatic heterocycles. The molecule has 5 heteroatoms. The van der Waals surface area contributed by atoms with Crippen LogP contribution in [-0.2, 0) is 0 Å². The van der Waals surface area contributed by atoms with Gasteiger partial charge in [0, 0.05) is 41.7 Å². The third kappa shape index (κ3) is 4.37. The number of guanidine groups is 1. The Balaban J connectivity index is 2.56. The van der Waals surface area contributed by atoms with Crippen LogP contribution in [0.1, 0.15) is 13.8 Å². The molecule has 1 aliphatic rings. The average molecular weight is 306 g/mol. The Morgan fingerprint density at radius 2 is 2.31 bits per heavy atom. The molecule has 3 nitrogen and oxygen atoms in total. The molecule has 0 saturated carbocycles. The zero-order valence-corrected chi connectivity index (χ0v) is 12.6. The third-order valence-corrected chi connectivity index (χ3v) is 3.95. The predicted molar refractivity (Wildman–Crippen MR) is 77.5 cm³/mol. The third-order valence-electron chi connectivity index (χ3n) is 2.38. The molecular weight excluding hydrogens is 286 g/mol. The molecule has 0 aromatic carbocycles. The number of nitrogens with one attached hydrogen (secondary N) is 1. The molecule has 1 fully saturated rings. The van der Waals surface area contributed by atoms with Gasteiger partial charge in [0.1, 0.15) is 0 Å². The van der Waals surface area contributed by atoms with Gasteiger partial charge in [0.15, 0.2) is 5.96 Å². The van der Waals surface area contributed by atoms with E-state index in [1.807, 2.05) is 18.8 Å². The molecule has 1 heterocycles.